The van der Waals surface area contributed by atoms with Crippen molar-refractivity contribution in [2.24, 2.45) is 0 Å². The van der Waals surface area contributed by atoms with Crippen LogP contribution < -0.4 is 10.4 Å². The summed E-state index contributed by atoms with van der Waals surface area (Å²) < 4.78 is 12.8. The summed E-state index contributed by atoms with van der Waals surface area (Å²) in [7, 11) is -2.66. The fraction of sp³-hybridized carbons (Fsp3) is 0.433. The average Bonchev–Trinajstić information content (AvgIpc) is 2.82. The maximum Gasteiger partial charge on any atom is 0.306 e. The van der Waals surface area contributed by atoms with E-state index >= 15 is 0 Å². The van der Waals surface area contributed by atoms with E-state index in [9.17, 15) is 4.79 Å². The van der Waals surface area contributed by atoms with Crippen molar-refractivity contribution in [2.75, 3.05) is 0 Å². The summed E-state index contributed by atoms with van der Waals surface area (Å²) in [5, 5.41) is 2.38. The second kappa shape index (κ2) is 13.5. The molecule has 0 unspecified atom stereocenters. The van der Waals surface area contributed by atoms with Crippen LogP contribution in [-0.4, -0.2) is 26.5 Å². The number of benzene rings is 2. The minimum absolute atomic E-state index is 0.0708. The minimum Gasteiger partial charge on any atom is -0.462 e. The first kappa shape index (κ1) is 27.8. The van der Waals surface area contributed by atoms with E-state index in [1.165, 1.54) is 10.4 Å². The van der Waals surface area contributed by atoms with E-state index in [0.29, 0.717) is 19.3 Å². The molecule has 3 nitrogen and oxygen atoms in total. The highest BCUT2D eigenvalue weighted by atomic mass is 28.4. The average molecular weight is 479 g/mol. The van der Waals surface area contributed by atoms with Gasteiger partial charge in [0.05, 0.1) is 6.10 Å². The predicted molar refractivity (Wildman–Crippen MR) is 146 cm³/mol. The highest BCUT2D eigenvalue weighted by molar-refractivity contribution is 6.99. The van der Waals surface area contributed by atoms with Crippen LogP contribution in [-0.2, 0) is 14.0 Å². The lowest BCUT2D eigenvalue weighted by Gasteiger charge is -2.44. The molecule has 0 radical (unpaired) electrons. The van der Waals surface area contributed by atoms with Gasteiger partial charge < -0.3 is 9.16 Å². The van der Waals surface area contributed by atoms with E-state index < -0.39 is 8.32 Å². The third-order valence-corrected chi connectivity index (χ3v) is 11.3. The Bertz CT molecular complexity index is 847. The number of hydrogen-bond acceptors (Lipinski definition) is 3. The summed E-state index contributed by atoms with van der Waals surface area (Å²) in [5.41, 5.74) is 0. The zero-order valence-electron chi connectivity index (χ0n) is 21.5. The van der Waals surface area contributed by atoms with Crippen molar-refractivity contribution in [1.29, 1.82) is 0 Å². The molecule has 0 amide bonds. The number of hydrogen-bond donors (Lipinski definition) is 0. The first-order chi connectivity index (χ1) is 16.3. The Hall–Kier alpha value is -2.43. The molecule has 2 rings (SSSR count). The SMILES string of the molecule is C=CC[C@@H](CCC)OC(=O)CCC[C@H](C=C)O[Si](c1ccccc1)(c1ccccc1)C(C)(C)C. The van der Waals surface area contributed by atoms with Crippen LogP contribution >= 0.6 is 0 Å². The van der Waals surface area contributed by atoms with Gasteiger partial charge in [-0.05, 0) is 34.7 Å². The van der Waals surface area contributed by atoms with Crippen LogP contribution in [0.5, 0.6) is 0 Å². The lowest BCUT2D eigenvalue weighted by Crippen LogP contribution is -2.67. The van der Waals surface area contributed by atoms with E-state index in [4.69, 9.17) is 9.16 Å². The molecule has 0 aromatic heterocycles. The van der Waals surface area contributed by atoms with Crippen molar-refractivity contribution in [3.63, 3.8) is 0 Å². The van der Waals surface area contributed by atoms with Crippen LogP contribution in [0.1, 0.15) is 66.2 Å². The number of carbonyl (C=O) groups is 1. The van der Waals surface area contributed by atoms with Crippen LogP contribution in [0.2, 0.25) is 5.04 Å². The molecule has 34 heavy (non-hydrogen) atoms. The summed E-state index contributed by atoms with van der Waals surface area (Å²) in [6.45, 7) is 16.8. The minimum atomic E-state index is -2.66. The van der Waals surface area contributed by atoms with E-state index in [-0.39, 0.29) is 23.2 Å². The van der Waals surface area contributed by atoms with Gasteiger partial charge in [-0.1, -0.05) is 107 Å². The lowest BCUT2D eigenvalue weighted by molar-refractivity contribution is -0.149. The van der Waals surface area contributed by atoms with Crippen molar-refractivity contribution < 1.29 is 14.0 Å². The van der Waals surface area contributed by atoms with Gasteiger partial charge >= 0.3 is 5.97 Å². The number of ether oxygens (including phenoxy) is 1. The molecule has 2 aromatic carbocycles. The number of esters is 1. The third-order valence-electron chi connectivity index (χ3n) is 6.22. The molecule has 0 saturated carbocycles. The van der Waals surface area contributed by atoms with E-state index in [1.54, 1.807) is 0 Å². The Kier molecular flexibility index (Phi) is 11.0. The molecular formula is C30H42O3Si. The van der Waals surface area contributed by atoms with Crippen molar-refractivity contribution in [3.8, 4) is 0 Å². The van der Waals surface area contributed by atoms with E-state index in [1.807, 2.05) is 24.3 Å². The molecule has 0 aliphatic rings. The Labute approximate surface area is 208 Å². The topological polar surface area (TPSA) is 35.5 Å². The van der Waals surface area contributed by atoms with Crippen LogP contribution in [0.25, 0.3) is 0 Å². The quantitative estimate of drug-likeness (QED) is 0.175. The zero-order valence-corrected chi connectivity index (χ0v) is 22.5. The van der Waals surface area contributed by atoms with Gasteiger partial charge in [-0.15, -0.1) is 13.2 Å². The van der Waals surface area contributed by atoms with Crippen molar-refractivity contribution in [3.05, 3.63) is 86.0 Å². The molecule has 4 heteroatoms. The summed E-state index contributed by atoms with van der Waals surface area (Å²) in [6.07, 6.45) is 7.83. The Balaban J connectivity index is 2.21. The summed E-state index contributed by atoms with van der Waals surface area (Å²) in [6, 6.07) is 21.2. The molecule has 0 aliphatic carbocycles. The fourth-order valence-electron chi connectivity index (χ4n) is 4.57. The Morgan fingerprint density at radius 1 is 0.971 bits per heavy atom. The number of rotatable bonds is 14. The van der Waals surface area contributed by atoms with Crippen molar-refractivity contribution in [1.82, 2.24) is 0 Å². The molecule has 0 heterocycles. The largest absolute Gasteiger partial charge is 0.462 e. The lowest BCUT2D eigenvalue weighted by atomic mass is 10.1. The maximum absolute atomic E-state index is 12.4. The predicted octanol–water partition coefficient (Wildman–Crippen LogP) is 6.58. The number of carbonyl (C=O) groups excluding carboxylic acids is 1. The summed E-state index contributed by atoms with van der Waals surface area (Å²) in [5.74, 6) is -0.145. The highest BCUT2D eigenvalue weighted by Gasteiger charge is 2.51. The molecular weight excluding hydrogens is 436 g/mol. The van der Waals surface area contributed by atoms with Gasteiger partial charge in [0, 0.05) is 12.8 Å². The summed E-state index contributed by atoms with van der Waals surface area (Å²) >= 11 is 0. The van der Waals surface area contributed by atoms with Crippen LogP contribution in [0.4, 0.5) is 0 Å². The fourth-order valence-corrected chi connectivity index (χ4v) is 9.25. The highest BCUT2D eigenvalue weighted by Crippen LogP contribution is 2.38. The van der Waals surface area contributed by atoms with Gasteiger partial charge in [0.25, 0.3) is 8.32 Å². The van der Waals surface area contributed by atoms with Crippen LogP contribution in [0, 0.1) is 0 Å². The van der Waals surface area contributed by atoms with Crippen LogP contribution in [0.15, 0.2) is 86.0 Å². The standard InChI is InChI=1S/C30H42O3Si/c1-7-17-26(18-8-2)32-29(31)24-16-19-25(9-3)33-34(30(4,5)6,27-20-12-10-13-21-27)28-22-14-11-15-23-28/h7,9-15,20-23,25-26H,1,3,8,16-19,24H2,2,4-6H3/t25-,26-/m0/s1. The third kappa shape index (κ3) is 7.28. The molecule has 0 spiro atoms. The van der Waals surface area contributed by atoms with Crippen molar-refractivity contribution >= 4 is 24.7 Å². The van der Waals surface area contributed by atoms with Gasteiger partial charge in [0.2, 0.25) is 0 Å². The van der Waals surface area contributed by atoms with Gasteiger partial charge in [0.15, 0.2) is 0 Å². The Morgan fingerprint density at radius 3 is 1.97 bits per heavy atom. The maximum atomic E-state index is 12.4. The van der Waals surface area contributed by atoms with Gasteiger partial charge in [-0.2, -0.15) is 0 Å². The molecule has 0 bridgehead atoms. The zero-order chi connectivity index (χ0) is 25.0. The summed E-state index contributed by atoms with van der Waals surface area (Å²) in [4.78, 5) is 12.4. The second-order valence-electron chi connectivity index (χ2n) is 9.87. The molecule has 0 saturated heterocycles. The first-order valence-electron chi connectivity index (χ1n) is 12.5. The normalized spacial score (nSPS) is 13.6. The van der Waals surface area contributed by atoms with Gasteiger partial charge in [-0.3, -0.25) is 4.79 Å². The molecule has 2 atom stereocenters. The molecule has 184 valence electrons. The van der Waals surface area contributed by atoms with Crippen molar-refractivity contribution in [2.45, 2.75) is 83.5 Å². The van der Waals surface area contributed by atoms with E-state index in [0.717, 1.165) is 19.3 Å². The smallest absolute Gasteiger partial charge is 0.306 e. The molecule has 0 aliphatic heterocycles. The van der Waals surface area contributed by atoms with Gasteiger partial charge in [-0.25, -0.2) is 0 Å². The molecule has 0 fully saturated rings. The molecule has 2 aromatic rings. The monoisotopic (exact) mass is 478 g/mol. The van der Waals surface area contributed by atoms with Gasteiger partial charge in [0.1, 0.15) is 6.10 Å². The first-order valence-corrected chi connectivity index (χ1v) is 14.4. The second-order valence-corrected chi connectivity index (χ2v) is 14.1. The van der Waals surface area contributed by atoms with E-state index in [2.05, 4.69) is 89.4 Å². The molecule has 0 N–H and O–H groups in total. The Morgan fingerprint density at radius 2 is 1.53 bits per heavy atom. The van der Waals surface area contributed by atoms with Crippen LogP contribution in [0.3, 0.4) is 0 Å².